The number of amides is 1. The van der Waals surface area contributed by atoms with Crippen LogP contribution >= 0.6 is 34.8 Å². The number of halogens is 3. The van der Waals surface area contributed by atoms with Crippen molar-refractivity contribution in [1.82, 2.24) is 0 Å². The summed E-state index contributed by atoms with van der Waals surface area (Å²) < 4.78 is 5.38. The van der Waals surface area contributed by atoms with Gasteiger partial charge in [0.2, 0.25) is 0 Å². The molecule has 0 spiro atoms. The quantitative estimate of drug-likeness (QED) is 0.830. The highest BCUT2D eigenvalue weighted by molar-refractivity contribution is 6.36. The Labute approximate surface area is 155 Å². The van der Waals surface area contributed by atoms with Crippen LogP contribution in [0, 0.1) is 0 Å². The summed E-state index contributed by atoms with van der Waals surface area (Å²) in [6, 6.07) is 10.2. The van der Waals surface area contributed by atoms with Gasteiger partial charge < -0.3 is 15.0 Å². The molecule has 2 aromatic rings. The molecule has 1 N–H and O–H groups in total. The van der Waals surface area contributed by atoms with Crippen molar-refractivity contribution in [3.63, 3.8) is 0 Å². The van der Waals surface area contributed by atoms with Crippen molar-refractivity contribution in [2.75, 3.05) is 36.5 Å². The van der Waals surface area contributed by atoms with Gasteiger partial charge in [0.15, 0.2) is 0 Å². The Morgan fingerprint density at radius 3 is 2.42 bits per heavy atom. The lowest BCUT2D eigenvalue weighted by atomic mass is 10.2. The number of carbonyl (C=O) groups is 1. The molecule has 0 bridgehead atoms. The SMILES string of the molecule is O=C(Nc1cc(Cl)ccc1N1CCOCC1)c1cc(Cl)ccc1Cl. The number of morpholine rings is 1. The smallest absolute Gasteiger partial charge is 0.257 e. The molecule has 0 aliphatic carbocycles. The van der Waals surface area contributed by atoms with Crippen molar-refractivity contribution in [3.05, 3.63) is 57.0 Å². The van der Waals surface area contributed by atoms with E-state index in [2.05, 4.69) is 10.2 Å². The number of nitrogens with zero attached hydrogens (tertiary/aromatic N) is 1. The summed E-state index contributed by atoms with van der Waals surface area (Å²) in [5, 5.41) is 4.21. The van der Waals surface area contributed by atoms with Crippen LogP contribution in [-0.2, 0) is 4.74 Å². The molecule has 0 atom stereocenters. The van der Waals surface area contributed by atoms with Gasteiger partial charge in [0.25, 0.3) is 5.91 Å². The second kappa shape index (κ2) is 7.62. The van der Waals surface area contributed by atoms with E-state index >= 15 is 0 Å². The zero-order valence-electron chi connectivity index (χ0n) is 12.7. The van der Waals surface area contributed by atoms with E-state index in [1.165, 1.54) is 6.07 Å². The molecule has 7 heteroatoms. The summed E-state index contributed by atoms with van der Waals surface area (Å²) in [4.78, 5) is 14.7. The Hall–Kier alpha value is -1.46. The molecular weight excluding hydrogens is 371 g/mol. The number of ether oxygens (including phenoxy) is 1. The minimum absolute atomic E-state index is 0.317. The second-order valence-electron chi connectivity index (χ2n) is 5.34. The number of rotatable bonds is 3. The standard InChI is InChI=1S/C17H15Cl3N2O2/c18-11-1-3-14(20)13(9-11)17(23)21-15-10-12(19)2-4-16(15)22-5-7-24-8-6-22/h1-4,9-10H,5-8H2,(H,21,23). The predicted molar refractivity (Wildman–Crippen MR) is 98.9 cm³/mol. The topological polar surface area (TPSA) is 41.6 Å². The fraction of sp³-hybridized carbons (Fsp3) is 0.235. The van der Waals surface area contributed by atoms with E-state index in [1.807, 2.05) is 6.07 Å². The minimum atomic E-state index is -0.334. The third kappa shape index (κ3) is 3.95. The van der Waals surface area contributed by atoms with Gasteiger partial charge in [-0.05, 0) is 36.4 Å². The highest BCUT2D eigenvalue weighted by atomic mass is 35.5. The summed E-state index contributed by atoms with van der Waals surface area (Å²) in [6.07, 6.45) is 0. The van der Waals surface area contributed by atoms with Crippen molar-refractivity contribution in [2.24, 2.45) is 0 Å². The van der Waals surface area contributed by atoms with E-state index in [-0.39, 0.29) is 5.91 Å². The second-order valence-corrected chi connectivity index (χ2v) is 6.62. The van der Waals surface area contributed by atoms with Crippen LogP contribution in [-0.4, -0.2) is 32.2 Å². The molecule has 1 heterocycles. The van der Waals surface area contributed by atoms with E-state index in [9.17, 15) is 4.79 Å². The van der Waals surface area contributed by atoms with E-state index < -0.39 is 0 Å². The van der Waals surface area contributed by atoms with Gasteiger partial charge in [-0.15, -0.1) is 0 Å². The van der Waals surface area contributed by atoms with Crippen LogP contribution in [0.1, 0.15) is 10.4 Å². The van der Waals surface area contributed by atoms with E-state index in [1.54, 1.807) is 24.3 Å². The fourth-order valence-corrected chi connectivity index (χ4v) is 3.10. The first-order chi connectivity index (χ1) is 11.5. The summed E-state index contributed by atoms with van der Waals surface area (Å²) in [7, 11) is 0. The van der Waals surface area contributed by atoms with Gasteiger partial charge in [0, 0.05) is 23.1 Å². The number of carbonyl (C=O) groups excluding carboxylic acids is 1. The summed E-state index contributed by atoms with van der Waals surface area (Å²) in [5.74, 6) is -0.334. The molecule has 0 radical (unpaired) electrons. The first-order valence-electron chi connectivity index (χ1n) is 7.43. The molecule has 24 heavy (non-hydrogen) atoms. The molecule has 1 fully saturated rings. The number of hydrogen-bond donors (Lipinski definition) is 1. The molecule has 1 amide bonds. The van der Waals surface area contributed by atoms with Crippen LogP contribution in [0.25, 0.3) is 0 Å². The third-order valence-electron chi connectivity index (χ3n) is 3.73. The van der Waals surface area contributed by atoms with Crippen LogP contribution in [0.3, 0.4) is 0 Å². The lowest BCUT2D eigenvalue weighted by Crippen LogP contribution is -2.36. The van der Waals surface area contributed by atoms with Crippen LogP contribution in [0.2, 0.25) is 15.1 Å². The first-order valence-corrected chi connectivity index (χ1v) is 8.56. The van der Waals surface area contributed by atoms with Gasteiger partial charge in [-0.25, -0.2) is 0 Å². The average molecular weight is 386 g/mol. The third-order valence-corrected chi connectivity index (χ3v) is 4.53. The molecule has 2 aromatic carbocycles. The van der Waals surface area contributed by atoms with Crippen molar-refractivity contribution >= 4 is 52.1 Å². The van der Waals surface area contributed by atoms with Gasteiger partial charge in [0.1, 0.15) is 0 Å². The van der Waals surface area contributed by atoms with Crippen LogP contribution in [0.4, 0.5) is 11.4 Å². The molecule has 4 nitrogen and oxygen atoms in total. The fourth-order valence-electron chi connectivity index (χ4n) is 2.55. The minimum Gasteiger partial charge on any atom is -0.378 e. The lowest BCUT2D eigenvalue weighted by molar-refractivity contribution is 0.102. The summed E-state index contributed by atoms with van der Waals surface area (Å²) in [5.41, 5.74) is 1.84. The van der Waals surface area contributed by atoms with Crippen molar-refractivity contribution < 1.29 is 9.53 Å². The number of anilines is 2. The van der Waals surface area contributed by atoms with Gasteiger partial charge in [-0.2, -0.15) is 0 Å². The maximum Gasteiger partial charge on any atom is 0.257 e. The monoisotopic (exact) mass is 384 g/mol. The molecule has 126 valence electrons. The summed E-state index contributed by atoms with van der Waals surface area (Å²) >= 11 is 18.2. The van der Waals surface area contributed by atoms with E-state index in [4.69, 9.17) is 39.5 Å². The highest BCUT2D eigenvalue weighted by Gasteiger charge is 2.18. The number of benzene rings is 2. The normalized spacial score (nSPS) is 14.5. The summed E-state index contributed by atoms with van der Waals surface area (Å²) in [6.45, 7) is 2.80. The van der Waals surface area contributed by atoms with E-state index in [0.29, 0.717) is 39.5 Å². The molecule has 1 aliphatic heterocycles. The Morgan fingerprint density at radius 1 is 1.00 bits per heavy atom. The Balaban J connectivity index is 1.89. The first kappa shape index (κ1) is 17.4. The van der Waals surface area contributed by atoms with Gasteiger partial charge >= 0.3 is 0 Å². The predicted octanol–water partition coefficient (Wildman–Crippen LogP) is 4.74. The van der Waals surface area contributed by atoms with Gasteiger partial charge in [-0.3, -0.25) is 4.79 Å². The Kier molecular flexibility index (Phi) is 5.51. The maximum atomic E-state index is 12.6. The highest BCUT2D eigenvalue weighted by Crippen LogP contribution is 2.31. The zero-order valence-corrected chi connectivity index (χ0v) is 15.0. The molecule has 3 rings (SSSR count). The van der Waals surface area contributed by atoms with Crippen LogP contribution < -0.4 is 10.2 Å². The van der Waals surface area contributed by atoms with Crippen molar-refractivity contribution in [3.8, 4) is 0 Å². The van der Waals surface area contributed by atoms with Crippen molar-refractivity contribution in [1.29, 1.82) is 0 Å². The average Bonchev–Trinajstić information content (AvgIpc) is 2.58. The maximum absolute atomic E-state index is 12.6. The molecule has 0 aromatic heterocycles. The largest absolute Gasteiger partial charge is 0.378 e. The van der Waals surface area contributed by atoms with Gasteiger partial charge in [-0.1, -0.05) is 34.8 Å². The number of hydrogen-bond acceptors (Lipinski definition) is 3. The van der Waals surface area contributed by atoms with Crippen LogP contribution in [0.15, 0.2) is 36.4 Å². The van der Waals surface area contributed by atoms with Crippen LogP contribution in [0.5, 0.6) is 0 Å². The Morgan fingerprint density at radius 2 is 1.67 bits per heavy atom. The molecular formula is C17H15Cl3N2O2. The van der Waals surface area contributed by atoms with Crippen molar-refractivity contribution in [2.45, 2.75) is 0 Å². The Bertz CT molecular complexity index is 761. The molecule has 1 saturated heterocycles. The van der Waals surface area contributed by atoms with Gasteiger partial charge in [0.05, 0.1) is 35.2 Å². The number of nitrogens with one attached hydrogen (secondary N) is 1. The molecule has 0 unspecified atom stereocenters. The van der Waals surface area contributed by atoms with E-state index in [0.717, 1.165) is 18.8 Å². The molecule has 1 aliphatic rings. The lowest BCUT2D eigenvalue weighted by Gasteiger charge is -2.30. The zero-order chi connectivity index (χ0) is 17.1. The molecule has 0 saturated carbocycles.